The van der Waals surface area contributed by atoms with E-state index in [0.717, 1.165) is 0 Å². The van der Waals surface area contributed by atoms with Gasteiger partial charge in [-0.25, -0.2) is 0 Å². The number of rotatable bonds is 4. The Bertz CT molecular complexity index is 231. The molecule has 96 valence electrons. The molecule has 1 N–H and O–H groups in total. The van der Waals surface area contributed by atoms with E-state index in [1.54, 1.807) is 13.8 Å². The van der Waals surface area contributed by atoms with Crippen molar-refractivity contribution in [3.8, 4) is 0 Å². The van der Waals surface area contributed by atoms with E-state index in [9.17, 15) is 15.3 Å². The fraction of sp³-hybridized carbons (Fsp3) is 1.00. The van der Waals surface area contributed by atoms with Gasteiger partial charge in [-0.1, -0.05) is 0 Å². The summed E-state index contributed by atoms with van der Waals surface area (Å²) in [6.45, 7) is 2.43. The van der Waals surface area contributed by atoms with Crippen LogP contribution in [0.5, 0.6) is 0 Å². The molecule has 1 heterocycles. The minimum atomic E-state index is -1.92. The van der Waals surface area contributed by atoms with E-state index < -0.39 is 36.8 Å². The monoisotopic (exact) mass is 249 g/mol. The van der Waals surface area contributed by atoms with Crippen LogP contribution < -0.4 is 15.3 Å². The smallest absolute Gasteiger partial charge is 1.00 e. The average molecular weight is 249 g/mol. The molecule has 0 amide bonds. The largest absolute Gasteiger partial charge is 2.00 e. The first kappa shape index (κ1) is 23.4. The van der Waals surface area contributed by atoms with E-state index in [4.69, 9.17) is 14.6 Å². The maximum atomic E-state index is 11.5. The Labute approximate surface area is 122 Å². The quantitative estimate of drug-likeness (QED) is 0.503. The van der Waals surface area contributed by atoms with Gasteiger partial charge in [-0.3, -0.25) is 0 Å². The fourth-order valence-electron chi connectivity index (χ4n) is 1.40. The van der Waals surface area contributed by atoms with Crippen LogP contribution in [0.4, 0.5) is 0 Å². The maximum absolute atomic E-state index is 11.5. The molecule has 0 aromatic heterocycles. The molecule has 4 atom stereocenters. The van der Waals surface area contributed by atoms with E-state index in [1.807, 2.05) is 0 Å². The van der Waals surface area contributed by atoms with Crippen molar-refractivity contribution in [3.05, 3.63) is 0 Å². The van der Waals surface area contributed by atoms with Gasteiger partial charge in [-0.15, -0.1) is 18.3 Å². The van der Waals surface area contributed by atoms with E-state index in [0.29, 0.717) is 0 Å². The molecule has 1 saturated heterocycles. The van der Waals surface area contributed by atoms with E-state index in [1.165, 1.54) is 0 Å². The van der Waals surface area contributed by atoms with Crippen molar-refractivity contribution in [3.63, 3.8) is 0 Å². The minimum absolute atomic E-state index is 0. The fourth-order valence-corrected chi connectivity index (χ4v) is 1.40. The topological polar surface area (TPSA) is 108 Å². The second-order valence-electron chi connectivity index (χ2n) is 4.02. The van der Waals surface area contributed by atoms with Gasteiger partial charge >= 0.3 is 30.4 Å². The van der Waals surface area contributed by atoms with Crippen LogP contribution in [-0.4, -0.2) is 78.9 Å². The molecule has 1 fully saturated rings. The summed E-state index contributed by atoms with van der Waals surface area (Å²) in [5.74, 6) is -0.884. The van der Waals surface area contributed by atoms with Gasteiger partial charge in [0.2, 0.25) is 0 Å². The number of hydrogen-bond donors (Lipinski definition) is 1. The molecule has 1 aliphatic rings. The molecule has 0 bridgehead atoms. The second kappa shape index (κ2) is 9.21. The van der Waals surface area contributed by atoms with Gasteiger partial charge < -0.3 is 34.2 Å². The first-order valence-electron chi connectivity index (χ1n) is 4.77. The minimum Gasteiger partial charge on any atom is -1.00 e. The summed E-state index contributed by atoms with van der Waals surface area (Å²) in [5.41, 5.74) is 0. The molecule has 6 nitrogen and oxygen atoms in total. The molecule has 18 heavy (non-hydrogen) atoms. The summed E-state index contributed by atoms with van der Waals surface area (Å²) in [7, 11) is 0. The van der Waals surface area contributed by atoms with Crippen LogP contribution in [0.2, 0.25) is 0 Å². The molecule has 9 heteroatoms. The summed E-state index contributed by atoms with van der Waals surface area (Å²) in [6, 6.07) is 0. The number of ether oxygens (including phenoxy) is 2. The Balaban J connectivity index is -0.0000000937. The van der Waals surface area contributed by atoms with Crippen molar-refractivity contribution in [1.29, 1.82) is 0 Å². The summed E-state index contributed by atoms with van der Waals surface area (Å²) in [4.78, 5) is 0. The van der Waals surface area contributed by atoms with Gasteiger partial charge in [0.05, 0.1) is 12.7 Å². The number of aliphatic hydroxyl groups is 1. The Hall–Kier alpha value is 0.266. The zero-order valence-corrected chi connectivity index (χ0v) is 10.8. The molecular weight excluding hydrogens is 231 g/mol. The molecular formula is C9H18Be3O6. The van der Waals surface area contributed by atoms with Gasteiger partial charge in [0.15, 0.2) is 5.79 Å². The van der Waals surface area contributed by atoms with Crippen LogP contribution in [0.15, 0.2) is 0 Å². The van der Waals surface area contributed by atoms with Crippen LogP contribution in [0.1, 0.15) is 18.1 Å². The molecule has 4 unspecified atom stereocenters. The standard InChI is InChI=1S/C9H15O6.3Be.3H/c1-9(2)14-4-6(15-9)8(13)7(12)5(11)3-10;;;;;;/h5-8,10H,3-4H2,1-2H3;;;;;;/q-3;3*+2;3*-1. The van der Waals surface area contributed by atoms with Crippen LogP contribution in [-0.2, 0) is 9.47 Å². The molecule has 1 rings (SSSR count). The van der Waals surface area contributed by atoms with Gasteiger partial charge in [0, 0.05) is 6.61 Å². The van der Waals surface area contributed by atoms with E-state index in [-0.39, 0.29) is 41.3 Å². The third-order valence-electron chi connectivity index (χ3n) is 2.27. The number of aliphatic hydroxyl groups excluding tert-OH is 1. The zero-order chi connectivity index (χ0) is 11.6. The van der Waals surface area contributed by atoms with Crippen molar-refractivity contribution < 1.29 is 34.2 Å². The normalized spacial score (nSPS) is 26.0. The van der Waals surface area contributed by atoms with Crippen molar-refractivity contribution >= 4 is 30.4 Å². The maximum Gasteiger partial charge on any atom is 2.00 e. The third kappa shape index (κ3) is 5.94. The molecule has 0 aromatic carbocycles. The first-order chi connectivity index (χ1) is 6.87. The summed E-state index contributed by atoms with van der Waals surface area (Å²) < 4.78 is 10.3. The summed E-state index contributed by atoms with van der Waals surface area (Å²) in [6.07, 6.45) is -6.34. The van der Waals surface area contributed by atoms with E-state index >= 15 is 0 Å². The van der Waals surface area contributed by atoms with Crippen LogP contribution in [0, 0.1) is 0 Å². The Morgan fingerprint density at radius 1 is 1.28 bits per heavy atom. The van der Waals surface area contributed by atoms with Crippen molar-refractivity contribution in [1.82, 2.24) is 0 Å². The molecule has 0 radical (unpaired) electrons. The second-order valence-corrected chi connectivity index (χ2v) is 4.02. The average Bonchev–Trinajstić information content (AvgIpc) is 2.55. The molecule has 1 aliphatic heterocycles. The van der Waals surface area contributed by atoms with Crippen molar-refractivity contribution in [2.45, 2.75) is 44.1 Å². The van der Waals surface area contributed by atoms with Crippen LogP contribution in [0.3, 0.4) is 0 Å². The summed E-state index contributed by atoms with van der Waals surface area (Å²) >= 11 is 0. The van der Waals surface area contributed by atoms with Gasteiger partial charge in [0.1, 0.15) is 0 Å². The van der Waals surface area contributed by atoms with E-state index in [2.05, 4.69) is 0 Å². The molecule has 0 aliphatic carbocycles. The Morgan fingerprint density at radius 2 is 1.78 bits per heavy atom. The van der Waals surface area contributed by atoms with Gasteiger partial charge in [-0.2, -0.15) is 0 Å². The van der Waals surface area contributed by atoms with Crippen LogP contribution in [0.25, 0.3) is 0 Å². The van der Waals surface area contributed by atoms with Gasteiger partial charge in [-0.05, 0) is 13.8 Å². The van der Waals surface area contributed by atoms with Crippen molar-refractivity contribution in [2.75, 3.05) is 13.2 Å². The summed E-state index contributed by atoms with van der Waals surface area (Å²) in [5, 5.41) is 42.1. The Kier molecular flexibility index (Phi) is 12.0. The van der Waals surface area contributed by atoms with Crippen molar-refractivity contribution in [2.24, 2.45) is 0 Å². The predicted octanol–water partition coefficient (Wildman–Crippen LogP) is -4.49. The number of hydrogen-bond acceptors (Lipinski definition) is 6. The molecule has 0 spiro atoms. The molecule has 0 aromatic rings. The predicted molar refractivity (Wildman–Crippen MR) is 64.0 cm³/mol. The molecule has 0 saturated carbocycles. The SMILES string of the molecule is CC1(C)OCC(C([O-])C([O-])C([O-])CO)O1.[Be+2].[Be+2].[Be+2].[H-].[H-].[H-]. The zero-order valence-electron chi connectivity index (χ0n) is 13.8. The first-order valence-corrected chi connectivity index (χ1v) is 4.77. The van der Waals surface area contributed by atoms with Crippen LogP contribution >= 0.6 is 0 Å². The van der Waals surface area contributed by atoms with Gasteiger partial charge in [0.25, 0.3) is 0 Å². The Morgan fingerprint density at radius 3 is 2.11 bits per heavy atom. The third-order valence-corrected chi connectivity index (χ3v) is 2.27.